The maximum Gasteiger partial charge on any atom is 0.136 e. The van der Waals surface area contributed by atoms with Gasteiger partial charge >= 0.3 is 0 Å². The van der Waals surface area contributed by atoms with Gasteiger partial charge in [-0.15, -0.1) is 0 Å². The van der Waals surface area contributed by atoms with E-state index in [0.29, 0.717) is 0 Å². The first-order valence-electron chi connectivity index (χ1n) is 36.1. The summed E-state index contributed by atoms with van der Waals surface area (Å²) in [6.45, 7) is -8.20. The van der Waals surface area contributed by atoms with Gasteiger partial charge in [-0.3, -0.25) is 0 Å². The molecule has 0 radical (unpaired) electrons. The number of anilines is 3. The Hall–Kier alpha value is -7.16. The molecule has 1 heterocycles. The highest BCUT2D eigenvalue weighted by Gasteiger charge is 2.35. The van der Waals surface area contributed by atoms with Gasteiger partial charge in [0.15, 0.2) is 0 Å². The van der Waals surface area contributed by atoms with Crippen LogP contribution in [0.25, 0.3) is 77.2 Å². The second-order valence-electron chi connectivity index (χ2n) is 12.3. The molecule has 0 N–H and O–H groups in total. The summed E-state index contributed by atoms with van der Waals surface area (Å²) in [5.74, 6) is 0. The average molecular weight is 769 g/mol. The maximum atomic E-state index is 10.1. The van der Waals surface area contributed by atoms with E-state index < -0.39 is 324 Å². The van der Waals surface area contributed by atoms with Gasteiger partial charge in [0, 0.05) is 41.5 Å². The Bertz CT molecular complexity index is 5210. The van der Waals surface area contributed by atoms with E-state index in [4.69, 9.17) is 34.6 Å². The lowest BCUT2D eigenvalue weighted by Gasteiger charge is -2.28. The molecule has 2 nitrogen and oxygen atoms in total. The largest absolute Gasteiger partial charge is 0.456 e. The van der Waals surface area contributed by atoms with Gasteiger partial charge in [-0.2, -0.15) is 0 Å². The molecule has 1 aliphatic rings. The number of benzene rings is 9. The van der Waals surface area contributed by atoms with E-state index in [2.05, 4.69) is 0 Å². The minimum atomic E-state index is -4.10. The highest BCUT2D eigenvalue weighted by Crippen LogP contribution is 2.51. The standard InChI is InChI=1S/C55H39NO/c1-55(2)50-18-10-8-16-46(50)47-33-30-43(35-51(47)55)56(41-26-20-37(21-27-41)36-12-4-3-5-13-36)42-28-22-39(23-29-42)45-31-24-38-14-6-7-15-44(38)54(45)40-25-32-49-48-17-9-11-19-52(48)57-53(49)34-40/h3-35H,1-2H3/i1D3,2D3,3D,4D,5D,6D,7D,8D,9D,10D,11D,12D,13D,14D,15D,16D,17D,18D,19D,20D,21D,22D,23D,24D,25D,26D,27D,28D,29D,30D,31D,32D,33D,34D,35D. The van der Waals surface area contributed by atoms with Gasteiger partial charge < -0.3 is 9.32 Å². The molecule has 0 bridgehead atoms. The first kappa shape index (κ1) is 12.2. The third kappa shape index (κ3) is 5.40. The predicted molar refractivity (Wildman–Crippen MR) is 240 cm³/mol. The van der Waals surface area contributed by atoms with Gasteiger partial charge in [0.2, 0.25) is 0 Å². The third-order valence-electron chi connectivity index (χ3n) is 9.02. The van der Waals surface area contributed by atoms with Crippen LogP contribution in [0.4, 0.5) is 17.1 Å². The van der Waals surface area contributed by atoms with Gasteiger partial charge in [-0.1, -0.05) is 159 Å². The van der Waals surface area contributed by atoms with Crippen molar-refractivity contribution < 1.29 is 57.9 Å². The summed E-state index contributed by atoms with van der Waals surface area (Å²) in [4.78, 5) is 0.0778. The lowest BCUT2D eigenvalue weighted by Crippen LogP contribution is -2.16. The van der Waals surface area contributed by atoms with E-state index in [1.165, 1.54) is 0 Å². The van der Waals surface area contributed by atoms with Crippen molar-refractivity contribution in [2.45, 2.75) is 19.1 Å². The molecule has 1 aliphatic carbocycles. The zero-order valence-electron chi connectivity index (χ0n) is 67.4. The normalized spacial score (nSPS) is 23.0. The Labute approximate surface area is 387 Å². The van der Waals surface area contributed by atoms with Gasteiger partial charge in [-0.05, 0) is 121 Å². The Morgan fingerprint density at radius 1 is 0.421 bits per heavy atom. The SMILES string of the molecule is [2H]c1c([2H])c([2H])c(-c2c([2H])c([2H])c(N(c3c([2H])c([2H])c(-c4c([2H])c([2H])c5c([2H])c([2H])c([2H])c([2H])c5c4-c4c([2H])c([2H])c5c(oc6c([2H])c([2H])c([2H])c([2H])c65)c4[2H])c([2H])c3[2H])c3c([2H])c([2H])c4c(c3[2H])C(C([2H])([2H])[2H])(C([2H])([2H])[2H])c3c([2H])c([2H])c([2H])c([2H])c3-4)c([2H])c2[2H])c([2H])c1[2H]. The molecule has 0 aliphatic heterocycles. The number of hydrogen-bond donors (Lipinski definition) is 0. The summed E-state index contributed by atoms with van der Waals surface area (Å²) >= 11 is 0. The van der Waals surface area contributed by atoms with E-state index >= 15 is 0 Å². The maximum absolute atomic E-state index is 10.1. The quantitative estimate of drug-likeness (QED) is 0.167. The lowest BCUT2D eigenvalue weighted by atomic mass is 9.82. The molecule has 0 amide bonds. The van der Waals surface area contributed by atoms with Crippen molar-refractivity contribution in [1.82, 2.24) is 0 Å². The Morgan fingerprint density at radius 3 is 1.82 bits per heavy atom. The molecule has 0 saturated heterocycles. The molecule has 0 saturated carbocycles. The van der Waals surface area contributed by atoms with Crippen molar-refractivity contribution in [1.29, 1.82) is 0 Å². The number of furan rings is 1. The van der Waals surface area contributed by atoms with Gasteiger partial charge in [0.1, 0.15) is 11.2 Å². The number of nitrogens with zero attached hydrogens (tertiary/aromatic N) is 1. The molecule has 0 atom stereocenters. The van der Waals surface area contributed by atoms with Crippen LogP contribution in [0.2, 0.25) is 0 Å². The van der Waals surface area contributed by atoms with Gasteiger partial charge in [0.25, 0.3) is 0 Å². The molecule has 0 spiro atoms. The summed E-state index contributed by atoms with van der Waals surface area (Å²) in [6.07, 6.45) is 0. The molecule has 270 valence electrons. The number of para-hydroxylation sites is 1. The van der Waals surface area contributed by atoms with Crippen molar-refractivity contribution in [3.63, 3.8) is 0 Å². The molecule has 11 rings (SSSR count). The van der Waals surface area contributed by atoms with Crippen LogP contribution in [0.3, 0.4) is 0 Å². The first-order chi connectivity index (χ1) is 44.3. The summed E-state index contributed by atoms with van der Waals surface area (Å²) in [5.41, 5.74) is -20.6. The minimum Gasteiger partial charge on any atom is -0.456 e. The van der Waals surface area contributed by atoms with Crippen molar-refractivity contribution in [3.05, 3.63) is 211 Å². The fourth-order valence-electron chi connectivity index (χ4n) is 6.45. The highest BCUT2D eigenvalue weighted by molar-refractivity contribution is 6.09. The molecular weight excluding hydrogens is 691 g/mol. The number of fused-ring (bicyclic) bond motifs is 7. The summed E-state index contributed by atoms with van der Waals surface area (Å²) in [6, 6.07) is -39.5. The van der Waals surface area contributed by atoms with E-state index in [-0.39, 0.29) is 4.90 Å². The van der Waals surface area contributed by atoms with E-state index in [0.717, 1.165) is 0 Å². The minimum absolute atomic E-state index is 0.0778. The molecule has 0 unspecified atom stereocenters. The highest BCUT2D eigenvalue weighted by atomic mass is 16.3. The fraction of sp³-hybridized carbons (Fsp3) is 0.0545. The molecule has 2 heteroatoms. The molecular formula is C55H39NO. The van der Waals surface area contributed by atoms with E-state index in [9.17, 15) is 23.3 Å². The zero-order chi connectivity index (χ0) is 71.8. The van der Waals surface area contributed by atoms with Crippen LogP contribution in [0.5, 0.6) is 0 Å². The van der Waals surface area contributed by atoms with Crippen molar-refractivity contribution in [2.75, 3.05) is 4.90 Å². The van der Waals surface area contributed by atoms with Crippen LogP contribution in [0.15, 0.2) is 204 Å². The van der Waals surface area contributed by atoms with E-state index in [1.807, 2.05) is 0 Å². The molecule has 57 heavy (non-hydrogen) atoms. The van der Waals surface area contributed by atoms with Crippen molar-refractivity contribution in [2.24, 2.45) is 0 Å². The predicted octanol–water partition coefficient (Wildman–Crippen LogP) is 15.5. The Kier molecular flexibility index (Phi) is 2.77. The Morgan fingerprint density at radius 2 is 1.02 bits per heavy atom. The van der Waals surface area contributed by atoms with E-state index in [1.54, 1.807) is 0 Å². The summed E-state index contributed by atoms with van der Waals surface area (Å²) < 4.78 is 362. The second-order valence-corrected chi connectivity index (χ2v) is 12.3. The smallest absolute Gasteiger partial charge is 0.136 e. The molecule has 9 aromatic carbocycles. The van der Waals surface area contributed by atoms with Crippen LogP contribution in [-0.2, 0) is 5.41 Å². The third-order valence-corrected chi connectivity index (χ3v) is 9.02. The molecule has 10 aromatic rings. The van der Waals surface area contributed by atoms with Crippen molar-refractivity contribution >= 4 is 49.8 Å². The van der Waals surface area contributed by atoms with Crippen molar-refractivity contribution in [3.8, 4) is 44.5 Å². The van der Waals surface area contributed by atoms with Crippen LogP contribution in [-0.4, -0.2) is 0 Å². The second kappa shape index (κ2) is 13.0. The summed E-state index contributed by atoms with van der Waals surface area (Å²) in [7, 11) is 0. The molecule has 1 aromatic heterocycles. The zero-order valence-corrected chi connectivity index (χ0v) is 28.4. The van der Waals surface area contributed by atoms with Crippen LogP contribution in [0.1, 0.15) is 78.3 Å². The topological polar surface area (TPSA) is 16.4 Å². The van der Waals surface area contributed by atoms with Crippen LogP contribution in [0, 0.1) is 0 Å². The Balaban J connectivity index is 1.36. The number of rotatable bonds is 6. The first-order valence-corrected chi connectivity index (χ1v) is 16.6. The summed E-state index contributed by atoms with van der Waals surface area (Å²) in [5, 5.41) is -2.78. The van der Waals surface area contributed by atoms with Gasteiger partial charge in [-0.25, -0.2) is 0 Å². The monoisotopic (exact) mass is 769 g/mol. The fourth-order valence-corrected chi connectivity index (χ4v) is 6.45. The van der Waals surface area contributed by atoms with Gasteiger partial charge in [0.05, 0.1) is 45.2 Å². The lowest BCUT2D eigenvalue weighted by molar-refractivity contribution is 0.660. The average Bonchev–Trinajstić information content (AvgIpc) is 1.33. The van der Waals surface area contributed by atoms with Crippen LogP contribution < -0.4 is 4.90 Å². The number of hydrogen-bond acceptors (Lipinski definition) is 2. The molecule has 0 fully saturated rings. The van der Waals surface area contributed by atoms with Crippen LogP contribution >= 0.6 is 0 Å².